The van der Waals surface area contributed by atoms with Gasteiger partial charge in [-0.15, -0.1) is 0 Å². The molecule has 0 bridgehead atoms. The van der Waals surface area contributed by atoms with Crippen LogP contribution in [0.4, 0.5) is 0 Å². The first-order chi connectivity index (χ1) is 6.84. The van der Waals surface area contributed by atoms with Crippen molar-refractivity contribution in [2.24, 2.45) is 0 Å². The lowest BCUT2D eigenvalue weighted by Gasteiger charge is -2.18. The zero-order valence-electron chi connectivity index (χ0n) is 8.84. The third-order valence-corrected chi connectivity index (χ3v) is 3.54. The fourth-order valence-corrected chi connectivity index (χ4v) is 2.58. The highest BCUT2D eigenvalue weighted by molar-refractivity contribution is 5.25. The molecule has 0 spiro atoms. The first-order valence-corrected chi connectivity index (χ1v) is 5.82. The summed E-state index contributed by atoms with van der Waals surface area (Å²) in [5, 5.41) is 5.90. The summed E-state index contributed by atoms with van der Waals surface area (Å²) in [6.45, 7) is 0. The van der Waals surface area contributed by atoms with Crippen molar-refractivity contribution in [1.29, 1.82) is 0 Å². The van der Waals surface area contributed by atoms with Crippen LogP contribution in [0.15, 0.2) is 11.3 Å². The lowest BCUT2D eigenvalue weighted by atomic mass is 9.95. The van der Waals surface area contributed by atoms with Crippen molar-refractivity contribution in [3.63, 3.8) is 0 Å². The predicted molar refractivity (Wildman–Crippen MR) is 56.3 cm³/mol. The van der Waals surface area contributed by atoms with E-state index in [1.165, 1.54) is 38.5 Å². The maximum Gasteiger partial charge on any atom is 0.0991 e. The quantitative estimate of drug-likeness (QED) is 0.693. The highest BCUT2D eigenvalue weighted by Gasteiger charge is 2.33. The molecule has 3 nitrogen and oxygen atoms in total. The zero-order valence-corrected chi connectivity index (χ0v) is 8.84. The molecular weight excluding hydrogens is 174 g/mol. The fraction of sp³-hybridized carbons (Fsp3) is 0.818. The summed E-state index contributed by atoms with van der Waals surface area (Å²) >= 11 is 0. The minimum atomic E-state index is 0.447. The smallest absolute Gasteiger partial charge is 0.0991 e. The molecule has 3 aliphatic rings. The van der Waals surface area contributed by atoms with E-state index in [0.29, 0.717) is 6.17 Å². The molecule has 0 aromatic rings. The predicted octanol–water partition coefficient (Wildman–Crippen LogP) is 1.34. The highest BCUT2D eigenvalue weighted by Crippen LogP contribution is 2.33. The van der Waals surface area contributed by atoms with Crippen LogP contribution in [-0.4, -0.2) is 24.3 Å². The normalized spacial score (nSPS) is 32.4. The molecule has 2 N–H and O–H groups in total. The molecule has 0 aromatic heterocycles. The summed E-state index contributed by atoms with van der Waals surface area (Å²) in [4.78, 5) is 0. The molecule has 1 heterocycles. The molecule has 0 radical (unpaired) electrons. The molecule has 1 saturated carbocycles. The van der Waals surface area contributed by atoms with Crippen LogP contribution in [0.3, 0.4) is 0 Å². The Labute approximate surface area is 85.5 Å². The van der Waals surface area contributed by atoms with Crippen molar-refractivity contribution in [2.45, 2.75) is 50.7 Å². The Hall–Kier alpha value is -0.540. The summed E-state index contributed by atoms with van der Waals surface area (Å²) in [5.74, 6) is 0. The van der Waals surface area contributed by atoms with E-state index in [-0.39, 0.29) is 0 Å². The average molecular weight is 193 g/mol. The van der Waals surface area contributed by atoms with Crippen molar-refractivity contribution < 1.29 is 0 Å². The number of rotatable bonds is 2. The number of allylic oxidation sites excluding steroid dienone is 1. The SMILES string of the molecule is CN1NC(NC2CC2)C2=C1CCCC2. The molecule has 0 saturated heterocycles. The second kappa shape index (κ2) is 3.24. The minimum absolute atomic E-state index is 0.447. The summed E-state index contributed by atoms with van der Waals surface area (Å²) in [7, 11) is 2.15. The van der Waals surface area contributed by atoms with Crippen molar-refractivity contribution >= 4 is 0 Å². The molecule has 0 aromatic carbocycles. The van der Waals surface area contributed by atoms with Gasteiger partial charge in [0, 0.05) is 18.8 Å². The van der Waals surface area contributed by atoms with E-state index in [9.17, 15) is 0 Å². The Morgan fingerprint density at radius 1 is 1.29 bits per heavy atom. The Balaban J connectivity index is 1.76. The third-order valence-electron chi connectivity index (χ3n) is 3.54. The van der Waals surface area contributed by atoms with Gasteiger partial charge < -0.3 is 5.01 Å². The summed E-state index contributed by atoms with van der Waals surface area (Å²) in [5.41, 5.74) is 6.70. The lowest BCUT2D eigenvalue weighted by Crippen LogP contribution is -2.45. The molecule has 1 atom stereocenters. The van der Waals surface area contributed by atoms with E-state index < -0.39 is 0 Å². The van der Waals surface area contributed by atoms with E-state index in [1.54, 1.807) is 11.3 Å². The van der Waals surface area contributed by atoms with Crippen LogP contribution in [0, 0.1) is 0 Å². The second-order valence-electron chi connectivity index (χ2n) is 4.74. The topological polar surface area (TPSA) is 27.3 Å². The first-order valence-electron chi connectivity index (χ1n) is 5.82. The molecule has 0 amide bonds. The average Bonchev–Trinajstić information content (AvgIpc) is 2.95. The third kappa shape index (κ3) is 1.44. The summed E-state index contributed by atoms with van der Waals surface area (Å²) in [6.07, 6.45) is 8.47. The van der Waals surface area contributed by atoms with Crippen LogP contribution in [0.1, 0.15) is 38.5 Å². The van der Waals surface area contributed by atoms with Gasteiger partial charge in [0.05, 0.1) is 6.17 Å². The van der Waals surface area contributed by atoms with E-state index in [4.69, 9.17) is 0 Å². The van der Waals surface area contributed by atoms with Crippen LogP contribution in [-0.2, 0) is 0 Å². The lowest BCUT2D eigenvalue weighted by molar-refractivity contribution is 0.279. The van der Waals surface area contributed by atoms with Gasteiger partial charge in [-0.3, -0.25) is 5.32 Å². The number of nitrogens with one attached hydrogen (secondary N) is 2. The van der Waals surface area contributed by atoms with Gasteiger partial charge in [0.2, 0.25) is 0 Å². The Morgan fingerprint density at radius 2 is 2.07 bits per heavy atom. The van der Waals surface area contributed by atoms with Gasteiger partial charge in [0.1, 0.15) is 0 Å². The molecule has 2 aliphatic carbocycles. The maximum atomic E-state index is 3.67. The number of hydrogen-bond donors (Lipinski definition) is 2. The zero-order chi connectivity index (χ0) is 9.54. The highest BCUT2D eigenvalue weighted by atomic mass is 15.6. The Bertz CT molecular complexity index is 268. The summed E-state index contributed by atoms with van der Waals surface area (Å²) in [6, 6.07) is 0.787. The van der Waals surface area contributed by atoms with Crippen molar-refractivity contribution in [2.75, 3.05) is 7.05 Å². The van der Waals surface area contributed by atoms with Gasteiger partial charge >= 0.3 is 0 Å². The van der Waals surface area contributed by atoms with E-state index in [2.05, 4.69) is 22.8 Å². The number of hydrazine groups is 1. The van der Waals surface area contributed by atoms with Crippen LogP contribution in [0.5, 0.6) is 0 Å². The number of hydrogen-bond acceptors (Lipinski definition) is 3. The van der Waals surface area contributed by atoms with Crippen molar-refractivity contribution in [1.82, 2.24) is 15.8 Å². The van der Waals surface area contributed by atoms with Gasteiger partial charge in [0.25, 0.3) is 0 Å². The minimum Gasteiger partial charge on any atom is -0.314 e. The number of nitrogens with zero attached hydrogens (tertiary/aromatic N) is 1. The monoisotopic (exact) mass is 193 g/mol. The molecule has 1 aliphatic heterocycles. The first kappa shape index (κ1) is 8.74. The van der Waals surface area contributed by atoms with E-state index >= 15 is 0 Å². The summed E-state index contributed by atoms with van der Waals surface area (Å²) < 4.78 is 0. The largest absolute Gasteiger partial charge is 0.314 e. The van der Waals surface area contributed by atoms with Crippen LogP contribution < -0.4 is 10.7 Å². The molecular formula is C11H19N3. The Kier molecular flexibility index (Phi) is 2.03. The van der Waals surface area contributed by atoms with Crippen molar-refractivity contribution in [3.8, 4) is 0 Å². The van der Waals surface area contributed by atoms with Crippen LogP contribution in [0.2, 0.25) is 0 Å². The standard InChI is InChI=1S/C11H19N3/c1-14-10-5-3-2-4-9(10)11(13-14)12-8-6-7-8/h8,11-13H,2-7H2,1H3. The van der Waals surface area contributed by atoms with Gasteiger partial charge in [-0.2, -0.15) is 0 Å². The van der Waals surface area contributed by atoms with Crippen molar-refractivity contribution in [3.05, 3.63) is 11.3 Å². The van der Waals surface area contributed by atoms with Gasteiger partial charge in [-0.05, 0) is 44.1 Å². The molecule has 1 fully saturated rings. The molecule has 3 rings (SSSR count). The van der Waals surface area contributed by atoms with Gasteiger partial charge in [-0.25, -0.2) is 5.43 Å². The van der Waals surface area contributed by atoms with E-state index in [0.717, 1.165) is 6.04 Å². The van der Waals surface area contributed by atoms with E-state index in [1.807, 2.05) is 0 Å². The van der Waals surface area contributed by atoms with Crippen LogP contribution >= 0.6 is 0 Å². The Morgan fingerprint density at radius 3 is 2.86 bits per heavy atom. The second-order valence-corrected chi connectivity index (χ2v) is 4.74. The molecule has 1 unspecified atom stereocenters. The van der Waals surface area contributed by atoms with Gasteiger partial charge in [-0.1, -0.05) is 0 Å². The molecule has 14 heavy (non-hydrogen) atoms. The molecule has 3 heteroatoms. The maximum absolute atomic E-state index is 3.67. The van der Waals surface area contributed by atoms with Crippen LogP contribution in [0.25, 0.3) is 0 Å². The molecule has 78 valence electrons. The fourth-order valence-electron chi connectivity index (χ4n) is 2.58. The van der Waals surface area contributed by atoms with Gasteiger partial charge in [0.15, 0.2) is 0 Å².